The van der Waals surface area contributed by atoms with Crippen molar-refractivity contribution in [2.24, 2.45) is 0 Å². The highest BCUT2D eigenvalue weighted by Crippen LogP contribution is 2.30. The number of benzene rings is 1. The van der Waals surface area contributed by atoms with Gasteiger partial charge in [0.25, 0.3) is 5.89 Å². The van der Waals surface area contributed by atoms with E-state index in [0.29, 0.717) is 28.7 Å². The standard InChI is InChI=1S/C22H24N6O.ClH/c1-13(2)26-20-16(11-23)10-17(12-25-20)22-27-21(28-29-22)19-5-4-15-6-8-24-9-7-18(15)14(19)3;/h4-5,10,12-13,24H,6-9H2,1-3H3,(H,25,26);1H. The van der Waals surface area contributed by atoms with Gasteiger partial charge in [0.1, 0.15) is 11.9 Å². The number of anilines is 1. The molecule has 1 aliphatic rings. The minimum atomic E-state index is 0. The molecule has 0 saturated heterocycles. The van der Waals surface area contributed by atoms with E-state index in [9.17, 15) is 5.26 Å². The summed E-state index contributed by atoms with van der Waals surface area (Å²) in [6, 6.07) is 8.33. The van der Waals surface area contributed by atoms with Crippen molar-refractivity contribution >= 4 is 18.2 Å². The summed E-state index contributed by atoms with van der Waals surface area (Å²) < 4.78 is 5.51. The van der Waals surface area contributed by atoms with Gasteiger partial charge in [-0.05, 0) is 69.5 Å². The van der Waals surface area contributed by atoms with Gasteiger partial charge in [-0.25, -0.2) is 4.98 Å². The van der Waals surface area contributed by atoms with Crippen LogP contribution in [0.4, 0.5) is 5.82 Å². The average Bonchev–Trinajstić information content (AvgIpc) is 3.06. The normalized spacial score (nSPS) is 13.2. The third-order valence-corrected chi connectivity index (χ3v) is 5.17. The van der Waals surface area contributed by atoms with Crippen LogP contribution < -0.4 is 10.6 Å². The van der Waals surface area contributed by atoms with Gasteiger partial charge in [0.2, 0.25) is 5.82 Å². The summed E-state index contributed by atoms with van der Waals surface area (Å²) >= 11 is 0. The first-order valence-corrected chi connectivity index (χ1v) is 9.90. The maximum absolute atomic E-state index is 9.46. The van der Waals surface area contributed by atoms with Crippen LogP contribution >= 0.6 is 12.4 Å². The van der Waals surface area contributed by atoms with Crippen LogP contribution in [0.2, 0.25) is 0 Å². The Morgan fingerprint density at radius 1 is 1.23 bits per heavy atom. The first-order valence-electron chi connectivity index (χ1n) is 9.90. The lowest BCUT2D eigenvalue weighted by atomic mass is 9.93. The van der Waals surface area contributed by atoms with Crippen molar-refractivity contribution in [1.82, 2.24) is 20.4 Å². The van der Waals surface area contributed by atoms with Gasteiger partial charge in [0, 0.05) is 17.8 Å². The Morgan fingerprint density at radius 3 is 2.80 bits per heavy atom. The number of nitrogens with zero attached hydrogens (tertiary/aromatic N) is 4. The molecule has 3 heterocycles. The Labute approximate surface area is 182 Å². The molecule has 2 aromatic heterocycles. The van der Waals surface area contributed by atoms with Gasteiger partial charge in [-0.3, -0.25) is 0 Å². The number of rotatable bonds is 4. The zero-order chi connectivity index (χ0) is 20.4. The molecule has 0 amide bonds. The number of pyridine rings is 1. The molecule has 3 aromatic rings. The topological polar surface area (TPSA) is 99.7 Å². The van der Waals surface area contributed by atoms with Gasteiger partial charge in [0.05, 0.1) is 11.1 Å². The van der Waals surface area contributed by atoms with Gasteiger partial charge < -0.3 is 15.2 Å². The molecular formula is C22H25ClN6O. The van der Waals surface area contributed by atoms with Gasteiger partial charge in [0.15, 0.2) is 0 Å². The second-order valence-corrected chi connectivity index (χ2v) is 7.58. The summed E-state index contributed by atoms with van der Waals surface area (Å²) in [6.07, 6.45) is 3.69. The lowest BCUT2D eigenvalue weighted by molar-refractivity contribution is 0.432. The molecule has 0 saturated carbocycles. The zero-order valence-electron chi connectivity index (χ0n) is 17.3. The van der Waals surface area contributed by atoms with Crippen molar-refractivity contribution in [3.63, 3.8) is 0 Å². The predicted molar refractivity (Wildman–Crippen MR) is 119 cm³/mol. The van der Waals surface area contributed by atoms with E-state index in [-0.39, 0.29) is 18.4 Å². The minimum absolute atomic E-state index is 0. The highest BCUT2D eigenvalue weighted by Gasteiger charge is 2.18. The van der Waals surface area contributed by atoms with Crippen LogP contribution in [0, 0.1) is 18.3 Å². The van der Waals surface area contributed by atoms with Crippen LogP contribution in [0.3, 0.4) is 0 Å². The lowest BCUT2D eigenvalue weighted by Gasteiger charge is -2.12. The van der Waals surface area contributed by atoms with Crippen LogP contribution in [-0.4, -0.2) is 34.3 Å². The Morgan fingerprint density at radius 2 is 2.03 bits per heavy atom. The van der Waals surface area contributed by atoms with Crippen molar-refractivity contribution in [3.8, 4) is 28.9 Å². The van der Waals surface area contributed by atoms with Crippen LogP contribution in [0.5, 0.6) is 0 Å². The number of hydrogen-bond donors (Lipinski definition) is 2. The monoisotopic (exact) mass is 424 g/mol. The van der Waals surface area contributed by atoms with Crippen molar-refractivity contribution in [2.45, 2.75) is 39.7 Å². The van der Waals surface area contributed by atoms with Crippen LogP contribution in [0.25, 0.3) is 22.8 Å². The second kappa shape index (κ2) is 9.24. The van der Waals surface area contributed by atoms with Crippen LogP contribution in [0.15, 0.2) is 28.9 Å². The fourth-order valence-electron chi connectivity index (χ4n) is 3.70. The Bertz CT molecular complexity index is 1090. The predicted octanol–water partition coefficient (Wildman–Crippen LogP) is 3.91. The third-order valence-electron chi connectivity index (χ3n) is 5.17. The summed E-state index contributed by atoms with van der Waals surface area (Å²) in [5.74, 6) is 1.47. The molecule has 0 atom stereocenters. The smallest absolute Gasteiger partial charge is 0.259 e. The maximum Gasteiger partial charge on any atom is 0.259 e. The first kappa shape index (κ1) is 21.8. The summed E-state index contributed by atoms with van der Waals surface area (Å²) in [5, 5.41) is 20.3. The molecule has 0 fully saturated rings. The number of nitrogens with one attached hydrogen (secondary N) is 2. The van der Waals surface area contributed by atoms with E-state index in [1.54, 1.807) is 12.3 Å². The van der Waals surface area contributed by atoms with Gasteiger partial charge >= 0.3 is 0 Å². The zero-order valence-corrected chi connectivity index (χ0v) is 18.1. The van der Waals surface area contributed by atoms with Crippen molar-refractivity contribution < 1.29 is 4.52 Å². The molecule has 2 N–H and O–H groups in total. The summed E-state index contributed by atoms with van der Waals surface area (Å²) in [5.41, 5.74) is 6.02. The summed E-state index contributed by atoms with van der Waals surface area (Å²) in [7, 11) is 0. The van der Waals surface area contributed by atoms with Gasteiger partial charge in [-0.1, -0.05) is 17.3 Å². The number of halogens is 1. The van der Waals surface area contributed by atoms with Crippen LogP contribution in [-0.2, 0) is 12.8 Å². The SMILES string of the molecule is Cc1c(-c2noc(-c3cnc(NC(C)C)c(C#N)c3)n2)ccc2c1CCNCC2.Cl. The van der Waals surface area contributed by atoms with E-state index in [0.717, 1.165) is 31.5 Å². The van der Waals surface area contributed by atoms with Gasteiger partial charge in [-0.2, -0.15) is 10.2 Å². The molecule has 1 aromatic carbocycles. The van der Waals surface area contributed by atoms with E-state index < -0.39 is 0 Å². The van der Waals surface area contributed by atoms with Crippen molar-refractivity contribution in [2.75, 3.05) is 18.4 Å². The molecule has 0 spiro atoms. The molecule has 30 heavy (non-hydrogen) atoms. The molecule has 0 unspecified atom stereocenters. The minimum Gasteiger partial charge on any atom is -0.367 e. The molecule has 0 bridgehead atoms. The van der Waals surface area contributed by atoms with Gasteiger partial charge in [-0.15, -0.1) is 12.4 Å². The van der Waals surface area contributed by atoms with E-state index >= 15 is 0 Å². The van der Waals surface area contributed by atoms with E-state index in [2.05, 4.69) is 50.9 Å². The molecule has 0 aliphatic carbocycles. The quantitative estimate of drug-likeness (QED) is 0.654. The van der Waals surface area contributed by atoms with Crippen molar-refractivity contribution in [1.29, 1.82) is 5.26 Å². The largest absolute Gasteiger partial charge is 0.367 e. The van der Waals surface area contributed by atoms with E-state index in [4.69, 9.17) is 4.52 Å². The highest BCUT2D eigenvalue weighted by atomic mass is 35.5. The van der Waals surface area contributed by atoms with E-state index in [1.165, 1.54) is 16.7 Å². The Balaban J connectivity index is 0.00000256. The highest BCUT2D eigenvalue weighted by molar-refractivity contribution is 5.85. The first-order chi connectivity index (χ1) is 14.1. The Hall–Kier alpha value is -2.95. The third kappa shape index (κ3) is 4.30. The number of fused-ring (bicyclic) bond motifs is 1. The number of aromatic nitrogens is 3. The number of nitriles is 1. The molecule has 0 radical (unpaired) electrons. The molecule has 4 rings (SSSR count). The fourth-order valence-corrected chi connectivity index (χ4v) is 3.70. The van der Waals surface area contributed by atoms with Crippen LogP contribution in [0.1, 0.15) is 36.1 Å². The molecule has 7 nitrogen and oxygen atoms in total. The average molecular weight is 425 g/mol. The Kier molecular flexibility index (Phi) is 6.70. The summed E-state index contributed by atoms with van der Waals surface area (Å²) in [6.45, 7) is 8.11. The lowest BCUT2D eigenvalue weighted by Crippen LogP contribution is -2.16. The maximum atomic E-state index is 9.46. The second-order valence-electron chi connectivity index (χ2n) is 7.58. The van der Waals surface area contributed by atoms with E-state index in [1.807, 2.05) is 13.8 Å². The molecule has 8 heteroatoms. The summed E-state index contributed by atoms with van der Waals surface area (Å²) in [4.78, 5) is 8.95. The molecule has 1 aliphatic heterocycles. The molecule has 156 valence electrons. The fraction of sp³-hybridized carbons (Fsp3) is 0.364. The number of hydrogen-bond acceptors (Lipinski definition) is 7. The van der Waals surface area contributed by atoms with Crippen molar-refractivity contribution in [3.05, 3.63) is 46.6 Å². The molecular weight excluding hydrogens is 400 g/mol.